The molecule has 10 heteroatoms. The molecule has 0 aliphatic rings. The zero-order chi connectivity index (χ0) is 51.3. The number of likely N-dealkylation sites (N-methyl/N-ethyl adjacent to an activating group) is 1. The Morgan fingerprint density at radius 2 is 0.814 bits per heavy atom. The number of hydrogen-bond acceptors (Lipinski definition) is 7. The highest BCUT2D eigenvalue weighted by molar-refractivity contribution is 7.47. The van der Waals surface area contributed by atoms with Crippen LogP contribution in [0, 0.1) is 0 Å². The number of quaternary nitrogens is 1. The first-order valence-corrected chi connectivity index (χ1v) is 29.5. The van der Waals surface area contributed by atoms with Crippen molar-refractivity contribution in [1.29, 1.82) is 0 Å². The zero-order valence-electron chi connectivity index (χ0n) is 45.5. The number of carbonyl (C=O) groups is 2. The summed E-state index contributed by atoms with van der Waals surface area (Å²) in [5.41, 5.74) is 0. The Bertz CT molecular complexity index is 1500. The molecule has 402 valence electrons. The van der Waals surface area contributed by atoms with Gasteiger partial charge in [-0.25, -0.2) is 4.57 Å². The fourth-order valence-electron chi connectivity index (χ4n) is 7.28. The third-order valence-corrected chi connectivity index (χ3v) is 12.6. The van der Waals surface area contributed by atoms with Gasteiger partial charge in [0, 0.05) is 12.8 Å². The van der Waals surface area contributed by atoms with Crippen LogP contribution < -0.4 is 0 Å². The maximum Gasteiger partial charge on any atom is 0.472 e. The fraction of sp³-hybridized carbons (Fsp3) is 0.700. The Morgan fingerprint density at radius 1 is 0.457 bits per heavy atom. The first-order valence-electron chi connectivity index (χ1n) is 28.0. The van der Waals surface area contributed by atoms with Crippen molar-refractivity contribution in [2.24, 2.45) is 0 Å². The van der Waals surface area contributed by atoms with Crippen LogP contribution in [0.15, 0.2) is 97.2 Å². The van der Waals surface area contributed by atoms with Gasteiger partial charge in [-0.3, -0.25) is 18.6 Å². The molecule has 0 aromatic carbocycles. The molecule has 1 N–H and O–H groups in total. The Kier molecular flexibility index (Phi) is 48.6. The largest absolute Gasteiger partial charge is 0.472 e. The van der Waals surface area contributed by atoms with Gasteiger partial charge in [-0.1, -0.05) is 207 Å². The van der Waals surface area contributed by atoms with Gasteiger partial charge < -0.3 is 18.9 Å². The van der Waals surface area contributed by atoms with E-state index < -0.39 is 26.5 Å². The Balaban J connectivity index is 4.16. The third kappa shape index (κ3) is 54.3. The van der Waals surface area contributed by atoms with E-state index in [4.69, 9.17) is 18.5 Å². The van der Waals surface area contributed by atoms with Crippen molar-refractivity contribution < 1.29 is 42.1 Å². The van der Waals surface area contributed by atoms with Crippen LogP contribution in [0.4, 0.5) is 0 Å². The van der Waals surface area contributed by atoms with E-state index in [1.807, 2.05) is 21.1 Å². The van der Waals surface area contributed by atoms with Crippen LogP contribution >= 0.6 is 7.82 Å². The van der Waals surface area contributed by atoms with Crippen LogP contribution in [-0.4, -0.2) is 74.9 Å². The van der Waals surface area contributed by atoms with E-state index in [-0.39, 0.29) is 32.0 Å². The lowest BCUT2D eigenvalue weighted by molar-refractivity contribution is -0.870. The van der Waals surface area contributed by atoms with Crippen LogP contribution in [0.3, 0.4) is 0 Å². The van der Waals surface area contributed by atoms with Gasteiger partial charge in [-0.05, 0) is 96.3 Å². The number of nitrogens with zero attached hydrogens (tertiary/aromatic N) is 1. The molecule has 0 amide bonds. The van der Waals surface area contributed by atoms with E-state index in [2.05, 4.69) is 111 Å². The lowest BCUT2D eigenvalue weighted by Gasteiger charge is -2.24. The molecule has 70 heavy (non-hydrogen) atoms. The summed E-state index contributed by atoms with van der Waals surface area (Å²) in [7, 11) is 1.46. The predicted molar refractivity (Wildman–Crippen MR) is 298 cm³/mol. The maximum atomic E-state index is 12.8. The van der Waals surface area contributed by atoms with Gasteiger partial charge in [0.15, 0.2) is 6.10 Å². The summed E-state index contributed by atoms with van der Waals surface area (Å²) in [5, 5.41) is 0. The zero-order valence-corrected chi connectivity index (χ0v) is 46.4. The molecule has 0 saturated carbocycles. The SMILES string of the molecule is CC/C=C\C/C=C\C/C=C\C/C=C\C/C=C\C/C=C\CCCCCCCCCCCCCCC(=O)OC(COC(=O)CCCCCCC/C=C\C/C=C\CCCCC)COP(=O)(O)OCC[N+](C)(C)C. The maximum absolute atomic E-state index is 12.8. The standard InChI is InChI=1S/C60H104NO8P/c1-6-8-10-12-14-16-18-20-22-23-24-25-26-27-28-29-30-31-32-33-34-35-36-37-39-41-43-45-47-49-51-53-60(63)69-58(57-68-70(64,65)67-55-54-61(3,4)5)56-66-59(62)52-50-48-46-44-42-40-38-21-19-17-15-13-11-9-7-2/h8,10,14-17,20-22,24-25,27-28,30-31,38,58H,6-7,9,11-13,18-19,23,26,29,32-37,39-57H2,1-5H3/p+1/b10-8-,16-14-,17-15-,22-20-,25-24-,28-27-,31-30-,38-21-. The fourth-order valence-corrected chi connectivity index (χ4v) is 8.02. The first-order chi connectivity index (χ1) is 34.0. The van der Waals surface area contributed by atoms with Crippen LogP contribution in [0.25, 0.3) is 0 Å². The highest BCUT2D eigenvalue weighted by Gasteiger charge is 2.27. The van der Waals surface area contributed by atoms with E-state index in [1.165, 1.54) is 83.5 Å². The van der Waals surface area contributed by atoms with Gasteiger partial charge in [-0.2, -0.15) is 0 Å². The first kappa shape index (κ1) is 66.9. The average Bonchev–Trinajstić information content (AvgIpc) is 3.32. The van der Waals surface area contributed by atoms with Gasteiger partial charge >= 0.3 is 19.8 Å². The molecule has 0 saturated heterocycles. The normalized spacial score (nSPS) is 14.1. The molecule has 9 nitrogen and oxygen atoms in total. The number of phosphoric ester groups is 1. The number of rotatable bonds is 50. The molecule has 0 radical (unpaired) electrons. The van der Waals surface area contributed by atoms with Crippen molar-refractivity contribution in [3.8, 4) is 0 Å². The summed E-state index contributed by atoms with van der Waals surface area (Å²) < 4.78 is 34.5. The quantitative estimate of drug-likeness (QED) is 0.0211. The number of carbonyl (C=O) groups excluding carboxylic acids is 2. The number of allylic oxidation sites excluding steroid dienone is 16. The van der Waals surface area contributed by atoms with E-state index >= 15 is 0 Å². The summed E-state index contributed by atoms with van der Waals surface area (Å²) in [6, 6.07) is 0. The Morgan fingerprint density at radius 3 is 1.21 bits per heavy atom. The molecule has 0 rings (SSSR count). The monoisotopic (exact) mass is 999 g/mol. The number of hydrogen-bond donors (Lipinski definition) is 1. The van der Waals surface area contributed by atoms with Gasteiger partial charge in [-0.15, -0.1) is 0 Å². The second kappa shape index (κ2) is 50.9. The molecule has 2 unspecified atom stereocenters. The minimum atomic E-state index is -4.39. The molecular weight excluding hydrogens is 894 g/mol. The van der Waals surface area contributed by atoms with Crippen molar-refractivity contribution in [1.82, 2.24) is 0 Å². The lowest BCUT2D eigenvalue weighted by atomic mass is 10.0. The van der Waals surface area contributed by atoms with Crippen LogP contribution in [0.1, 0.15) is 219 Å². The highest BCUT2D eigenvalue weighted by Crippen LogP contribution is 2.43. The minimum Gasteiger partial charge on any atom is -0.462 e. The molecule has 0 fully saturated rings. The average molecular weight is 999 g/mol. The summed E-state index contributed by atoms with van der Waals surface area (Å²) in [6.07, 6.45) is 69.0. The van der Waals surface area contributed by atoms with E-state index in [0.29, 0.717) is 17.4 Å². The molecule has 0 bridgehead atoms. The van der Waals surface area contributed by atoms with Gasteiger partial charge in [0.2, 0.25) is 0 Å². The highest BCUT2D eigenvalue weighted by atomic mass is 31.2. The Labute approximate surface area is 430 Å². The van der Waals surface area contributed by atoms with Crippen LogP contribution in [-0.2, 0) is 32.7 Å². The molecule has 0 aromatic rings. The predicted octanol–water partition coefficient (Wildman–Crippen LogP) is 17.3. The molecule has 0 aliphatic carbocycles. The molecular formula is C60H105NO8P+. The summed E-state index contributed by atoms with van der Waals surface area (Å²) in [5.74, 6) is -0.819. The van der Waals surface area contributed by atoms with Crippen LogP contribution in [0.2, 0.25) is 0 Å². The number of esters is 2. The van der Waals surface area contributed by atoms with E-state index in [0.717, 1.165) is 103 Å². The lowest BCUT2D eigenvalue weighted by Crippen LogP contribution is -2.37. The van der Waals surface area contributed by atoms with Gasteiger partial charge in [0.25, 0.3) is 0 Å². The number of phosphoric acid groups is 1. The van der Waals surface area contributed by atoms with Crippen molar-refractivity contribution in [3.05, 3.63) is 97.2 Å². The third-order valence-electron chi connectivity index (χ3n) is 11.6. The van der Waals surface area contributed by atoms with Gasteiger partial charge in [0.1, 0.15) is 19.8 Å². The molecule has 0 heterocycles. The van der Waals surface area contributed by atoms with E-state index in [1.54, 1.807) is 0 Å². The molecule has 0 aromatic heterocycles. The van der Waals surface area contributed by atoms with Crippen molar-refractivity contribution >= 4 is 19.8 Å². The molecule has 0 spiro atoms. The topological polar surface area (TPSA) is 108 Å². The molecule has 2 atom stereocenters. The van der Waals surface area contributed by atoms with Crippen molar-refractivity contribution in [2.75, 3.05) is 47.5 Å². The second-order valence-electron chi connectivity index (χ2n) is 19.6. The summed E-state index contributed by atoms with van der Waals surface area (Å²) >= 11 is 0. The van der Waals surface area contributed by atoms with Crippen LogP contribution in [0.5, 0.6) is 0 Å². The smallest absolute Gasteiger partial charge is 0.462 e. The second-order valence-corrected chi connectivity index (χ2v) is 21.0. The van der Waals surface area contributed by atoms with Gasteiger partial charge in [0.05, 0.1) is 27.7 Å². The van der Waals surface area contributed by atoms with E-state index in [9.17, 15) is 19.0 Å². The number of unbranched alkanes of at least 4 members (excludes halogenated alkanes) is 20. The molecule has 0 aliphatic heterocycles. The van der Waals surface area contributed by atoms with Crippen molar-refractivity contribution in [2.45, 2.75) is 225 Å². The summed E-state index contributed by atoms with van der Waals surface area (Å²) in [6.45, 7) is 4.27. The summed E-state index contributed by atoms with van der Waals surface area (Å²) in [4.78, 5) is 35.6. The Hall–Kier alpha value is -3.07. The minimum absolute atomic E-state index is 0.0249. The number of ether oxygens (including phenoxy) is 2. The van der Waals surface area contributed by atoms with Crippen molar-refractivity contribution in [3.63, 3.8) is 0 Å².